The SMILES string of the molecule is CC.CNCCOCCOCCCCCCCl.CNc1nc2c(c(C)cn2C(C)C)c(=O)[nH]1.Nc1nc2c(c(C#CCNC(=O)c3ccc(C=O)cc3)cn2C2CC(O)C(CO)O2)c(=O)[nH]1. The smallest absolute Gasteiger partial charge is 0.263 e. The molecular formula is C46H67ClN10O9. The number of nitrogens with zero attached hydrogens (tertiary/aromatic N) is 4. The molecule has 3 unspecified atom stereocenters. The third kappa shape index (κ3) is 16.1. The highest BCUT2D eigenvalue weighted by atomic mass is 35.5. The normalized spacial score (nSPS) is 15.2. The van der Waals surface area contributed by atoms with Crippen LogP contribution in [0.4, 0.5) is 11.9 Å². The number of nitrogen functional groups attached to an aromatic ring is 1. The van der Waals surface area contributed by atoms with E-state index in [1.807, 2.05) is 38.6 Å². The first kappa shape index (κ1) is 54.7. The van der Waals surface area contributed by atoms with Crippen LogP contribution in [-0.2, 0) is 14.2 Å². The molecule has 0 spiro atoms. The number of aryl methyl sites for hydroxylation is 1. The maximum absolute atomic E-state index is 12.5. The molecule has 20 heteroatoms. The monoisotopic (exact) mass is 938 g/mol. The van der Waals surface area contributed by atoms with Crippen LogP contribution in [-0.4, -0.2) is 130 Å². The van der Waals surface area contributed by atoms with Crippen molar-refractivity contribution in [3.05, 3.63) is 79.6 Å². The van der Waals surface area contributed by atoms with Gasteiger partial charge in [-0.1, -0.05) is 50.7 Å². The Bertz CT molecular complexity index is 2430. The van der Waals surface area contributed by atoms with Gasteiger partial charge in [0.15, 0.2) is 5.65 Å². The van der Waals surface area contributed by atoms with Crippen molar-refractivity contribution in [2.75, 3.05) is 77.1 Å². The third-order valence-corrected chi connectivity index (χ3v) is 10.2. The lowest BCUT2D eigenvalue weighted by molar-refractivity contribution is -0.0430. The zero-order chi connectivity index (χ0) is 48.6. The van der Waals surface area contributed by atoms with Crippen molar-refractivity contribution in [2.45, 2.75) is 91.2 Å². The Morgan fingerprint density at radius 1 is 1.00 bits per heavy atom. The van der Waals surface area contributed by atoms with Crippen LogP contribution in [0, 0.1) is 18.8 Å². The number of likely N-dealkylation sites (N-methyl/N-ethyl adjacent to an activating group) is 1. The quantitative estimate of drug-likeness (QED) is 0.0249. The molecule has 66 heavy (non-hydrogen) atoms. The number of H-pyrrole nitrogens is 2. The third-order valence-electron chi connectivity index (χ3n) is 9.97. The van der Waals surface area contributed by atoms with Crippen LogP contribution in [0.1, 0.15) is 104 Å². The lowest BCUT2D eigenvalue weighted by Crippen LogP contribution is -2.24. The lowest BCUT2D eigenvalue weighted by atomic mass is 10.1. The van der Waals surface area contributed by atoms with E-state index in [4.69, 9.17) is 31.5 Å². The number of aromatic nitrogens is 6. The maximum atomic E-state index is 12.5. The molecule has 0 radical (unpaired) electrons. The van der Waals surface area contributed by atoms with Gasteiger partial charge in [0.05, 0.1) is 55.4 Å². The minimum atomic E-state index is -0.873. The fraction of sp³-hybridized carbons (Fsp3) is 0.522. The van der Waals surface area contributed by atoms with Crippen LogP contribution in [0.15, 0.2) is 46.2 Å². The van der Waals surface area contributed by atoms with E-state index in [2.05, 4.69) is 61.6 Å². The summed E-state index contributed by atoms with van der Waals surface area (Å²) < 4.78 is 20.0. The Morgan fingerprint density at radius 2 is 1.68 bits per heavy atom. The second-order valence-corrected chi connectivity index (χ2v) is 15.4. The summed E-state index contributed by atoms with van der Waals surface area (Å²) in [6.45, 7) is 13.6. The molecule has 1 aliphatic heterocycles. The Labute approximate surface area is 390 Å². The Hall–Kier alpha value is -5.59. The highest BCUT2D eigenvalue weighted by Crippen LogP contribution is 2.32. The van der Waals surface area contributed by atoms with Gasteiger partial charge in [-0.05, 0) is 58.4 Å². The van der Waals surface area contributed by atoms with Gasteiger partial charge in [-0.25, -0.2) is 0 Å². The van der Waals surface area contributed by atoms with E-state index in [1.165, 1.54) is 37.1 Å². The van der Waals surface area contributed by atoms with Crippen molar-refractivity contribution in [3.8, 4) is 11.8 Å². The Morgan fingerprint density at radius 3 is 2.30 bits per heavy atom. The molecule has 3 atom stereocenters. The molecule has 4 aromatic heterocycles. The minimum Gasteiger partial charge on any atom is -0.394 e. The second kappa shape index (κ2) is 29.1. The van der Waals surface area contributed by atoms with Crippen LogP contribution in [0.25, 0.3) is 22.1 Å². The molecule has 0 aliphatic carbocycles. The lowest BCUT2D eigenvalue weighted by Gasteiger charge is -2.14. The van der Waals surface area contributed by atoms with Gasteiger partial charge in [0.25, 0.3) is 17.0 Å². The molecule has 0 saturated carbocycles. The number of unbranched alkanes of at least 4 members (excludes halogenated alkanes) is 3. The summed E-state index contributed by atoms with van der Waals surface area (Å²) in [7, 11) is 3.65. The van der Waals surface area contributed by atoms with E-state index < -0.39 is 24.0 Å². The number of rotatable bonds is 19. The summed E-state index contributed by atoms with van der Waals surface area (Å²) in [5, 5.41) is 28.8. The number of aldehydes is 1. The molecule has 9 N–H and O–H groups in total. The van der Waals surface area contributed by atoms with Crippen molar-refractivity contribution >= 4 is 57.8 Å². The van der Waals surface area contributed by atoms with Gasteiger partial charge < -0.3 is 55.2 Å². The summed E-state index contributed by atoms with van der Waals surface area (Å²) in [6.07, 6.45) is 6.80. The molecule has 5 heterocycles. The average molecular weight is 940 g/mol. The standard InChI is InChI=1S/C22H21N5O6.C11H24ClNO2.C11H16N4O.C2H6/c23-22-25-19-18(21(32)26-22)14(9-27(19)17-8-15(30)16(11-29)33-17)2-1-7-24-20(31)13-5-3-12(10-28)4-6-13;1-13-7-9-15-11-10-14-8-5-3-2-4-6-12;1-6(2)15-5-7(3)8-9(15)13-11(12-4)14-10(8)16;1-2/h3-6,9-10,15-17,29-30H,7-8,11H2,(H,24,31)(H3,23,25,26,32);13H,2-11H2,1H3;5-6H,1-4H3,(H2,12,13,14,16);1-2H3. The van der Waals surface area contributed by atoms with E-state index in [0.29, 0.717) is 47.5 Å². The number of ether oxygens (including phenoxy) is 3. The number of aliphatic hydroxyl groups is 2. The summed E-state index contributed by atoms with van der Waals surface area (Å²) in [5.41, 5.74) is 8.23. The zero-order valence-corrected chi connectivity index (χ0v) is 39.8. The van der Waals surface area contributed by atoms with Crippen LogP contribution < -0.4 is 32.8 Å². The van der Waals surface area contributed by atoms with Gasteiger partial charge in [-0.2, -0.15) is 9.97 Å². The van der Waals surface area contributed by atoms with Crippen LogP contribution in [0.3, 0.4) is 0 Å². The van der Waals surface area contributed by atoms with E-state index in [-0.39, 0.29) is 54.1 Å². The molecule has 6 rings (SSSR count). The Balaban J connectivity index is 0.000000293. The zero-order valence-electron chi connectivity index (χ0n) is 39.0. The molecule has 0 bridgehead atoms. The molecule has 1 aliphatic rings. The number of alkyl halides is 1. The number of halogens is 1. The molecule has 362 valence electrons. The van der Waals surface area contributed by atoms with Gasteiger partial charge in [0.1, 0.15) is 24.3 Å². The molecule has 1 aromatic carbocycles. The molecule has 1 saturated heterocycles. The highest BCUT2D eigenvalue weighted by molar-refractivity contribution is 6.17. The molecule has 5 aromatic rings. The number of aliphatic hydroxyl groups excluding tert-OH is 2. The fourth-order valence-corrected chi connectivity index (χ4v) is 6.80. The van der Waals surface area contributed by atoms with Crippen molar-refractivity contribution in [3.63, 3.8) is 0 Å². The number of benzene rings is 1. The number of hydrogen-bond acceptors (Lipinski definition) is 14. The van der Waals surface area contributed by atoms with Crippen LogP contribution >= 0.6 is 11.6 Å². The van der Waals surface area contributed by atoms with E-state index in [9.17, 15) is 29.4 Å². The number of amides is 1. The van der Waals surface area contributed by atoms with Crippen molar-refractivity contribution in [1.29, 1.82) is 0 Å². The highest BCUT2D eigenvalue weighted by Gasteiger charge is 2.35. The Kier molecular flexibility index (Phi) is 24.2. The number of hydrogen-bond donors (Lipinski definition) is 8. The largest absolute Gasteiger partial charge is 0.394 e. The first-order valence-corrected chi connectivity index (χ1v) is 22.7. The number of nitrogens with one attached hydrogen (secondary N) is 5. The van der Waals surface area contributed by atoms with Gasteiger partial charge in [0, 0.05) is 62.1 Å². The van der Waals surface area contributed by atoms with Crippen molar-refractivity contribution in [2.24, 2.45) is 0 Å². The van der Waals surface area contributed by atoms with E-state index in [1.54, 1.807) is 17.8 Å². The number of carbonyl (C=O) groups excluding carboxylic acids is 2. The molecule has 1 amide bonds. The summed E-state index contributed by atoms with van der Waals surface area (Å²) >= 11 is 5.57. The topological polar surface area (TPSA) is 266 Å². The average Bonchev–Trinajstić information content (AvgIpc) is 4.00. The van der Waals surface area contributed by atoms with Gasteiger partial charge in [0.2, 0.25) is 11.9 Å². The molecular weight excluding hydrogens is 872 g/mol. The van der Waals surface area contributed by atoms with Gasteiger partial charge in [-0.15, -0.1) is 11.6 Å². The number of anilines is 2. The predicted molar refractivity (Wildman–Crippen MR) is 259 cm³/mol. The summed E-state index contributed by atoms with van der Waals surface area (Å²) in [5.74, 6) is 6.48. The first-order valence-electron chi connectivity index (χ1n) is 22.2. The van der Waals surface area contributed by atoms with Gasteiger partial charge >= 0.3 is 0 Å². The van der Waals surface area contributed by atoms with Crippen LogP contribution in [0.2, 0.25) is 0 Å². The van der Waals surface area contributed by atoms with Crippen molar-refractivity contribution in [1.82, 2.24) is 39.7 Å². The predicted octanol–water partition coefficient (Wildman–Crippen LogP) is 4.26. The number of carbonyl (C=O) groups is 2. The minimum absolute atomic E-state index is 0.00642. The molecule has 19 nitrogen and oxygen atoms in total. The molecule has 1 fully saturated rings. The van der Waals surface area contributed by atoms with E-state index in [0.717, 1.165) is 49.7 Å². The van der Waals surface area contributed by atoms with E-state index >= 15 is 0 Å². The second-order valence-electron chi connectivity index (χ2n) is 15.0. The first-order chi connectivity index (χ1) is 31.9. The van der Waals surface area contributed by atoms with Gasteiger partial charge in [-0.3, -0.25) is 29.1 Å². The number of fused-ring (bicyclic) bond motifs is 2. The number of aromatic amines is 2. The number of nitrogens with two attached hydrogens (primary N) is 1. The van der Waals surface area contributed by atoms with Crippen molar-refractivity contribution < 1.29 is 34.0 Å². The maximum Gasteiger partial charge on any atom is 0.263 e. The summed E-state index contributed by atoms with van der Waals surface area (Å²) in [6, 6.07) is 6.43. The summed E-state index contributed by atoms with van der Waals surface area (Å²) in [4.78, 5) is 61.0. The fourth-order valence-electron chi connectivity index (χ4n) is 6.61. The van der Waals surface area contributed by atoms with Crippen LogP contribution in [0.5, 0.6) is 0 Å².